The van der Waals surface area contributed by atoms with Crippen LogP contribution in [0.2, 0.25) is 0 Å². The van der Waals surface area contributed by atoms with Gasteiger partial charge in [-0.1, -0.05) is 24.3 Å². The molecule has 0 aromatic heterocycles. The molecule has 0 radical (unpaired) electrons. The first-order valence-corrected chi connectivity index (χ1v) is 5.32. The van der Waals surface area contributed by atoms with E-state index in [1.54, 1.807) is 12.1 Å². The van der Waals surface area contributed by atoms with E-state index in [1.807, 2.05) is 36.4 Å². The number of hydrogen-bond acceptors (Lipinski definition) is 2. The molecule has 17 heavy (non-hydrogen) atoms. The fourth-order valence-corrected chi connectivity index (χ4v) is 1.64. The molecule has 3 heteroatoms. The smallest absolute Gasteiger partial charge is 0.335 e. The number of carboxylic acids is 1. The average molecular weight is 227 g/mol. The van der Waals surface area contributed by atoms with Crippen LogP contribution in [0, 0.1) is 0 Å². The second-order valence-electron chi connectivity index (χ2n) is 3.92. The predicted octanol–water partition coefficient (Wildman–Crippen LogP) is 2.56. The molecular formula is C14H13NO2. The van der Waals surface area contributed by atoms with Crippen LogP contribution in [0.5, 0.6) is 0 Å². The number of anilines is 1. The molecule has 0 spiro atoms. The van der Waals surface area contributed by atoms with Crippen LogP contribution in [0.15, 0.2) is 48.5 Å². The normalized spacial score (nSPS) is 10.1. The number of nitrogens with two attached hydrogens (primary N) is 1. The van der Waals surface area contributed by atoms with E-state index in [1.165, 1.54) is 0 Å². The first-order valence-electron chi connectivity index (χ1n) is 5.32. The van der Waals surface area contributed by atoms with Crippen molar-refractivity contribution in [1.29, 1.82) is 0 Å². The van der Waals surface area contributed by atoms with Gasteiger partial charge in [0.05, 0.1) is 5.56 Å². The van der Waals surface area contributed by atoms with E-state index >= 15 is 0 Å². The third kappa shape index (κ3) is 2.84. The van der Waals surface area contributed by atoms with Gasteiger partial charge in [-0.25, -0.2) is 4.79 Å². The third-order valence-corrected chi connectivity index (χ3v) is 2.59. The molecule has 2 aromatic carbocycles. The lowest BCUT2D eigenvalue weighted by atomic mass is 10.0. The number of benzene rings is 2. The summed E-state index contributed by atoms with van der Waals surface area (Å²) in [5.41, 5.74) is 8.90. The molecule has 0 aliphatic heterocycles. The standard InChI is InChI=1S/C14H13NO2/c15-13-7-3-11(4-8-13)9-10-1-5-12(6-2-10)14(16)17/h1-8H,9,15H2,(H,16,17). The molecule has 0 amide bonds. The fraction of sp³-hybridized carbons (Fsp3) is 0.0714. The maximum absolute atomic E-state index is 10.7. The molecule has 0 unspecified atom stereocenters. The van der Waals surface area contributed by atoms with Gasteiger partial charge in [0, 0.05) is 5.69 Å². The van der Waals surface area contributed by atoms with Gasteiger partial charge in [-0.3, -0.25) is 0 Å². The summed E-state index contributed by atoms with van der Waals surface area (Å²) in [5, 5.41) is 8.78. The van der Waals surface area contributed by atoms with Crippen molar-refractivity contribution >= 4 is 11.7 Å². The van der Waals surface area contributed by atoms with Gasteiger partial charge in [-0.05, 0) is 41.8 Å². The van der Waals surface area contributed by atoms with Crippen LogP contribution in [0.4, 0.5) is 5.69 Å². The van der Waals surface area contributed by atoms with Gasteiger partial charge in [0.25, 0.3) is 0 Å². The Labute approximate surface area is 99.5 Å². The first-order chi connectivity index (χ1) is 8.15. The van der Waals surface area contributed by atoms with Gasteiger partial charge in [0.2, 0.25) is 0 Å². The Hall–Kier alpha value is -2.29. The SMILES string of the molecule is Nc1ccc(Cc2ccc(C(=O)O)cc2)cc1. The maximum atomic E-state index is 10.7. The number of carbonyl (C=O) groups is 1. The van der Waals surface area contributed by atoms with Gasteiger partial charge in [-0.15, -0.1) is 0 Å². The van der Waals surface area contributed by atoms with E-state index in [0.29, 0.717) is 5.56 Å². The second kappa shape index (κ2) is 4.70. The lowest BCUT2D eigenvalue weighted by Crippen LogP contribution is -1.96. The largest absolute Gasteiger partial charge is 0.478 e. The molecule has 0 heterocycles. The molecule has 86 valence electrons. The molecule has 3 nitrogen and oxygen atoms in total. The Morgan fingerprint density at radius 3 is 1.88 bits per heavy atom. The van der Waals surface area contributed by atoms with Crippen molar-refractivity contribution in [2.24, 2.45) is 0 Å². The summed E-state index contributed by atoms with van der Waals surface area (Å²) in [4.78, 5) is 10.7. The summed E-state index contributed by atoms with van der Waals surface area (Å²) < 4.78 is 0. The van der Waals surface area contributed by atoms with Crippen molar-refractivity contribution in [2.45, 2.75) is 6.42 Å². The number of aromatic carboxylic acids is 1. The van der Waals surface area contributed by atoms with Gasteiger partial charge >= 0.3 is 5.97 Å². The van der Waals surface area contributed by atoms with Crippen LogP contribution in [-0.4, -0.2) is 11.1 Å². The highest BCUT2D eigenvalue weighted by Crippen LogP contribution is 2.12. The molecule has 0 saturated heterocycles. The van der Waals surface area contributed by atoms with E-state index in [9.17, 15) is 4.79 Å². The predicted molar refractivity (Wildman–Crippen MR) is 67.1 cm³/mol. The highest BCUT2D eigenvalue weighted by molar-refractivity contribution is 5.87. The Morgan fingerprint density at radius 1 is 0.941 bits per heavy atom. The molecule has 0 bridgehead atoms. The van der Waals surface area contributed by atoms with Gasteiger partial charge in [0.15, 0.2) is 0 Å². The van der Waals surface area contributed by atoms with Crippen LogP contribution < -0.4 is 5.73 Å². The molecule has 2 rings (SSSR count). The molecule has 0 atom stereocenters. The summed E-state index contributed by atoms with van der Waals surface area (Å²) in [6.45, 7) is 0. The van der Waals surface area contributed by atoms with Crippen LogP contribution in [0.3, 0.4) is 0 Å². The topological polar surface area (TPSA) is 63.3 Å². The highest BCUT2D eigenvalue weighted by atomic mass is 16.4. The third-order valence-electron chi connectivity index (χ3n) is 2.59. The van der Waals surface area contributed by atoms with Crippen molar-refractivity contribution in [1.82, 2.24) is 0 Å². The van der Waals surface area contributed by atoms with Crippen molar-refractivity contribution in [3.63, 3.8) is 0 Å². The zero-order valence-electron chi connectivity index (χ0n) is 9.26. The Bertz CT molecular complexity index is 515. The molecule has 3 N–H and O–H groups in total. The van der Waals surface area contributed by atoms with Crippen molar-refractivity contribution in [3.8, 4) is 0 Å². The quantitative estimate of drug-likeness (QED) is 0.792. The van der Waals surface area contributed by atoms with Crippen LogP contribution in [0.25, 0.3) is 0 Å². The van der Waals surface area contributed by atoms with E-state index in [-0.39, 0.29) is 0 Å². The summed E-state index contributed by atoms with van der Waals surface area (Å²) >= 11 is 0. The minimum absolute atomic E-state index is 0.311. The minimum Gasteiger partial charge on any atom is -0.478 e. The lowest BCUT2D eigenvalue weighted by molar-refractivity contribution is 0.0697. The Morgan fingerprint density at radius 2 is 1.41 bits per heavy atom. The van der Waals surface area contributed by atoms with Gasteiger partial charge in [0.1, 0.15) is 0 Å². The van der Waals surface area contributed by atoms with E-state index in [4.69, 9.17) is 10.8 Å². The monoisotopic (exact) mass is 227 g/mol. The summed E-state index contributed by atoms with van der Waals surface area (Å²) in [7, 11) is 0. The first kappa shape index (κ1) is 11.2. The lowest BCUT2D eigenvalue weighted by Gasteiger charge is -2.03. The highest BCUT2D eigenvalue weighted by Gasteiger charge is 2.02. The van der Waals surface area contributed by atoms with Crippen LogP contribution >= 0.6 is 0 Å². The van der Waals surface area contributed by atoms with Crippen LogP contribution in [-0.2, 0) is 6.42 Å². The minimum atomic E-state index is -0.899. The molecule has 0 aliphatic carbocycles. The van der Waals surface area contributed by atoms with E-state index in [0.717, 1.165) is 23.2 Å². The van der Waals surface area contributed by atoms with Gasteiger partial charge in [-0.2, -0.15) is 0 Å². The maximum Gasteiger partial charge on any atom is 0.335 e. The average Bonchev–Trinajstić information content (AvgIpc) is 2.33. The second-order valence-corrected chi connectivity index (χ2v) is 3.92. The van der Waals surface area contributed by atoms with E-state index < -0.39 is 5.97 Å². The Kier molecular flexibility index (Phi) is 3.10. The number of carboxylic acid groups (broad SMARTS) is 1. The molecular weight excluding hydrogens is 214 g/mol. The summed E-state index contributed by atoms with van der Waals surface area (Å²) in [6.07, 6.45) is 0.778. The van der Waals surface area contributed by atoms with Gasteiger partial charge < -0.3 is 10.8 Å². The zero-order valence-corrected chi connectivity index (χ0v) is 9.26. The summed E-state index contributed by atoms with van der Waals surface area (Å²) in [5.74, 6) is -0.899. The van der Waals surface area contributed by atoms with Crippen LogP contribution in [0.1, 0.15) is 21.5 Å². The molecule has 0 saturated carbocycles. The molecule has 0 aliphatic rings. The zero-order chi connectivity index (χ0) is 12.3. The van der Waals surface area contributed by atoms with Crippen molar-refractivity contribution < 1.29 is 9.90 Å². The fourth-order valence-electron chi connectivity index (χ4n) is 1.64. The Balaban J connectivity index is 2.13. The van der Waals surface area contributed by atoms with Crippen molar-refractivity contribution in [2.75, 3.05) is 5.73 Å². The number of rotatable bonds is 3. The van der Waals surface area contributed by atoms with E-state index in [2.05, 4.69) is 0 Å². The summed E-state index contributed by atoms with van der Waals surface area (Å²) in [6, 6.07) is 14.6. The number of nitrogen functional groups attached to an aromatic ring is 1. The molecule has 0 fully saturated rings. The van der Waals surface area contributed by atoms with Crippen molar-refractivity contribution in [3.05, 3.63) is 65.2 Å². The number of hydrogen-bond donors (Lipinski definition) is 2. The molecule has 2 aromatic rings.